The van der Waals surface area contributed by atoms with Gasteiger partial charge < -0.3 is 31.1 Å². The van der Waals surface area contributed by atoms with Crippen molar-refractivity contribution in [2.75, 3.05) is 19.4 Å². The zero-order valence-electron chi connectivity index (χ0n) is 28.8. The number of anilines is 1. The fourth-order valence-corrected chi connectivity index (χ4v) is 8.95. The molecule has 4 aliphatic rings. The molecule has 3 aliphatic carbocycles. The molecule has 1 aromatic heterocycles. The molecule has 264 valence electrons. The Labute approximate surface area is 290 Å². The number of pyridine rings is 1. The van der Waals surface area contributed by atoms with Crippen molar-refractivity contribution in [3.63, 3.8) is 0 Å². The molecule has 0 bridgehead atoms. The van der Waals surface area contributed by atoms with Gasteiger partial charge in [0.05, 0.1) is 19.3 Å². The summed E-state index contributed by atoms with van der Waals surface area (Å²) in [5, 5.41) is 37.1. The number of phenolic OH excluding ortho intramolecular Hbond substituents is 1. The lowest BCUT2D eigenvalue weighted by Gasteiger charge is -2.42. The van der Waals surface area contributed by atoms with E-state index < -0.39 is 17.6 Å². The zero-order valence-corrected chi connectivity index (χ0v) is 28.8. The molecule has 2 saturated carbocycles. The molecular formula is C40H53N3O6. The van der Waals surface area contributed by atoms with Gasteiger partial charge in [0.2, 0.25) is 0 Å². The smallest absolute Gasteiger partial charge is 0.160 e. The summed E-state index contributed by atoms with van der Waals surface area (Å²) < 4.78 is 5.41. The molecule has 1 aromatic carbocycles. The number of nitrogen functional groups attached to an aromatic ring is 1. The maximum atomic E-state index is 14.0. The number of ketones is 2. The topological polar surface area (TPSA) is 155 Å². The first kappa shape index (κ1) is 35.4. The van der Waals surface area contributed by atoms with Crippen molar-refractivity contribution in [2.45, 2.75) is 120 Å². The molecule has 49 heavy (non-hydrogen) atoms. The van der Waals surface area contributed by atoms with Crippen molar-refractivity contribution in [1.82, 2.24) is 10.3 Å². The summed E-state index contributed by atoms with van der Waals surface area (Å²) in [6.45, 7) is 0.951. The van der Waals surface area contributed by atoms with E-state index in [9.17, 15) is 24.9 Å². The number of hydrogen-bond donors (Lipinski definition) is 5. The number of carbonyl (C=O) groups is 2. The van der Waals surface area contributed by atoms with Crippen LogP contribution in [0.1, 0.15) is 106 Å². The number of aryl methyl sites for hydroxylation is 2. The summed E-state index contributed by atoms with van der Waals surface area (Å²) >= 11 is 0. The summed E-state index contributed by atoms with van der Waals surface area (Å²) in [4.78, 5) is 29.9. The molecular weight excluding hydrogens is 618 g/mol. The Hall–Kier alpha value is -3.45. The predicted molar refractivity (Wildman–Crippen MR) is 188 cm³/mol. The molecule has 2 heterocycles. The maximum absolute atomic E-state index is 14.0. The van der Waals surface area contributed by atoms with Gasteiger partial charge in [-0.05, 0) is 136 Å². The van der Waals surface area contributed by atoms with Crippen molar-refractivity contribution < 1.29 is 29.6 Å². The van der Waals surface area contributed by atoms with Crippen molar-refractivity contribution in [2.24, 2.45) is 23.2 Å². The number of Topliss-reactive ketones (excluding diaryl/α,β-unsaturated/α-hetero) is 2. The molecule has 1 aliphatic heterocycles. The van der Waals surface area contributed by atoms with Gasteiger partial charge in [-0.1, -0.05) is 18.3 Å². The van der Waals surface area contributed by atoms with Crippen molar-refractivity contribution in [3.05, 3.63) is 47.2 Å². The van der Waals surface area contributed by atoms with E-state index in [1.54, 1.807) is 18.3 Å². The number of aliphatic hydroxyl groups excluding tert-OH is 2. The molecule has 6 N–H and O–H groups in total. The largest absolute Gasteiger partial charge is 0.504 e. The number of nitrogens with zero attached hydrogens (tertiary/aromatic N) is 1. The first-order chi connectivity index (χ1) is 23.6. The molecule has 0 radical (unpaired) electrons. The number of piperidine rings is 1. The van der Waals surface area contributed by atoms with Crippen LogP contribution in [0.4, 0.5) is 5.82 Å². The van der Waals surface area contributed by atoms with Crippen molar-refractivity contribution in [3.8, 4) is 23.3 Å². The van der Waals surface area contributed by atoms with Gasteiger partial charge in [-0.25, -0.2) is 4.98 Å². The summed E-state index contributed by atoms with van der Waals surface area (Å²) in [6.07, 6.45) is 10.8. The lowest BCUT2D eigenvalue weighted by Crippen LogP contribution is -2.49. The number of methoxy groups -OCH3 is 1. The highest BCUT2D eigenvalue weighted by Crippen LogP contribution is 2.45. The fraction of sp³-hybridized carbons (Fsp3) is 0.625. The number of aromatic nitrogens is 1. The number of fused-ring (bicyclic) bond motifs is 2. The van der Waals surface area contributed by atoms with Crippen molar-refractivity contribution in [1.29, 1.82) is 0 Å². The van der Waals surface area contributed by atoms with E-state index in [1.807, 2.05) is 12.1 Å². The second-order valence-electron chi connectivity index (χ2n) is 15.2. The normalized spacial score (nSPS) is 30.6. The average molecular weight is 672 g/mol. The van der Waals surface area contributed by atoms with Crippen LogP contribution in [0.25, 0.3) is 0 Å². The number of aliphatic hydroxyl groups is 2. The van der Waals surface area contributed by atoms with E-state index in [0.29, 0.717) is 98.9 Å². The van der Waals surface area contributed by atoms with E-state index in [1.165, 1.54) is 13.5 Å². The Morgan fingerprint density at radius 3 is 2.71 bits per heavy atom. The van der Waals surface area contributed by atoms with E-state index in [0.717, 1.165) is 48.9 Å². The van der Waals surface area contributed by atoms with Crippen LogP contribution in [0.3, 0.4) is 0 Å². The molecule has 9 nitrogen and oxygen atoms in total. The van der Waals surface area contributed by atoms with Crippen LogP contribution < -0.4 is 15.8 Å². The zero-order chi connectivity index (χ0) is 34.5. The summed E-state index contributed by atoms with van der Waals surface area (Å²) in [6, 6.07) is 7.57. The molecule has 6 rings (SSSR count). The van der Waals surface area contributed by atoms with Crippen LogP contribution in [0.15, 0.2) is 30.5 Å². The Morgan fingerprint density at radius 2 is 1.92 bits per heavy atom. The number of aromatic hydroxyl groups is 1. The third-order valence-corrected chi connectivity index (χ3v) is 12.0. The lowest BCUT2D eigenvalue weighted by atomic mass is 9.64. The van der Waals surface area contributed by atoms with Gasteiger partial charge in [-0.15, -0.1) is 0 Å². The van der Waals surface area contributed by atoms with Gasteiger partial charge in [0.25, 0.3) is 0 Å². The number of rotatable bonds is 10. The van der Waals surface area contributed by atoms with Crippen LogP contribution >= 0.6 is 0 Å². The minimum absolute atomic E-state index is 0.0179. The van der Waals surface area contributed by atoms with E-state index in [-0.39, 0.29) is 23.9 Å². The van der Waals surface area contributed by atoms with Crippen LogP contribution in [-0.2, 0) is 22.4 Å². The van der Waals surface area contributed by atoms with Gasteiger partial charge in [0.1, 0.15) is 17.0 Å². The highest BCUT2D eigenvalue weighted by molar-refractivity contribution is 5.89. The van der Waals surface area contributed by atoms with Crippen LogP contribution in [0.2, 0.25) is 0 Å². The maximum Gasteiger partial charge on any atom is 0.160 e. The standard InChI is InChI=1S/C40H53N3O6/c1-49-36-21-29-7-11-37(47)40(15-12-25(19-38(40)48)2-3-27-18-30-6-10-32(45)22-34(30)43-24-27)16-13-28(33(29)23-35(36)46)5-9-31(44)8-4-26-14-17-42-39(41)20-26/h14,17,20-21,23,25,27-28,30-31,34,38,43-44,46,48H,2-12,15,18-19,22,24H2,1H3,(H2,41,42). The molecule has 3 fully saturated rings. The number of phenols is 1. The Balaban J connectivity index is 1.13. The first-order valence-electron chi connectivity index (χ1n) is 18.4. The number of ether oxygens (including phenoxy) is 1. The molecule has 0 amide bonds. The Kier molecular flexibility index (Phi) is 11.3. The van der Waals surface area contributed by atoms with Gasteiger partial charge in [-0.2, -0.15) is 0 Å². The Bertz CT molecular complexity index is 1570. The predicted octanol–water partition coefficient (Wildman–Crippen LogP) is 5.03. The third-order valence-electron chi connectivity index (χ3n) is 12.0. The van der Waals surface area contributed by atoms with E-state index in [2.05, 4.69) is 22.1 Å². The van der Waals surface area contributed by atoms with E-state index in [4.69, 9.17) is 10.5 Å². The molecule has 1 saturated heterocycles. The summed E-state index contributed by atoms with van der Waals surface area (Å²) in [5.74, 6) is 9.15. The van der Waals surface area contributed by atoms with Gasteiger partial charge in [0, 0.05) is 37.4 Å². The average Bonchev–Trinajstić information content (AvgIpc) is 3.14. The number of hydrogen-bond acceptors (Lipinski definition) is 9. The third kappa shape index (κ3) is 8.30. The van der Waals surface area contributed by atoms with Gasteiger partial charge in [-0.3, -0.25) is 9.59 Å². The fourth-order valence-electron chi connectivity index (χ4n) is 8.95. The molecule has 9 heteroatoms. The molecule has 8 unspecified atom stereocenters. The van der Waals surface area contributed by atoms with Gasteiger partial charge >= 0.3 is 0 Å². The molecule has 2 aromatic rings. The first-order valence-corrected chi connectivity index (χ1v) is 18.4. The molecule has 1 spiro atoms. The highest BCUT2D eigenvalue weighted by atomic mass is 16.5. The lowest BCUT2D eigenvalue weighted by molar-refractivity contribution is -0.134. The number of benzene rings is 1. The number of carbonyl (C=O) groups excluding carboxylic acids is 2. The van der Waals surface area contributed by atoms with Crippen molar-refractivity contribution >= 4 is 17.4 Å². The summed E-state index contributed by atoms with van der Waals surface area (Å²) in [5.41, 5.74) is 7.47. The SMILES string of the molecule is COc1cc2c(cc1O)C(CCC(O)CCc1ccnc(N)c1)C#CC1(CCC(CCC3CNC4CC(=O)CCC4C3)CC1O)C(=O)CC2. The van der Waals surface area contributed by atoms with E-state index >= 15 is 0 Å². The van der Waals surface area contributed by atoms with Crippen LogP contribution in [-0.4, -0.2) is 63.8 Å². The second kappa shape index (κ2) is 15.6. The monoisotopic (exact) mass is 671 g/mol. The minimum Gasteiger partial charge on any atom is -0.504 e. The van der Waals surface area contributed by atoms with Crippen LogP contribution in [0.5, 0.6) is 11.5 Å². The minimum atomic E-state index is -1.11. The molecule has 8 atom stereocenters. The summed E-state index contributed by atoms with van der Waals surface area (Å²) in [7, 11) is 1.51. The van der Waals surface area contributed by atoms with Gasteiger partial charge in [0.15, 0.2) is 17.3 Å². The van der Waals surface area contributed by atoms with Crippen LogP contribution in [0, 0.1) is 35.0 Å². The number of nitrogens with one attached hydrogen (secondary N) is 1. The Morgan fingerprint density at radius 1 is 1.08 bits per heavy atom. The number of nitrogens with two attached hydrogens (primary N) is 1. The second-order valence-corrected chi connectivity index (χ2v) is 15.2. The highest BCUT2D eigenvalue weighted by Gasteiger charge is 2.47. The quantitative estimate of drug-likeness (QED) is 0.219.